The van der Waals surface area contributed by atoms with Crippen molar-refractivity contribution in [3.8, 4) is 17.0 Å². The fraction of sp³-hybridized carbons (Fsp3) is 0.308. The molecule has 0 bridgehead atoms. The quantitative estimate of drug-likeness (QED) is 0.795. The second-order valence-electron chi connectivity index (χ2n) is 4.82. The number of aromatic nitrogens is 2. The molecule has 0 saturated carbocycles. The largest absolute Gasteiger partial charge is 0.507 e. The minimum atomic E-state index is -0.0961. The Morgan fingerprint density at radius 1 is 1.12 bits per heavy atom. The molecule has 1 N–H and O–H groups in total. The van der Waals surface area contributed by atoms with Crippen molar-refractivity contribution in [3.05, 3.63) is 36.5 Å². The topological polar surface area (TPSA) is 38.0 Å². The van der Waals surface area contributed by atoms with Crippen LogP contribution in [0, 0.1) is 0 Å². The Morgan fingerprint density at radius 2 is 1.81 bits per heavy atom. The number of phenols is 1. The van der Waals surface area contributed by atoms with Crippen molar-refractivity contribution in [1.29, 1.82) is 0 Å². The van der Waals surface area contributed by atoms with E-state index in [9.17, 15) is 5.11 Å². The first-order chi connectivity index (χ1) is 7.50. The van der Waals surface area contributed by atoms with E-state index in [-0.39, 0.29) is 11.3 Å². The summed E-state index contributed by atoms with van der Waals surface area (Å²) in [6.07, 6.45) is 1.76. The molecule has 0 saturated heterocycles. The number of hydrogen-bond donors (Lipinski definition) is 1. The smallest absolute Gasteiger partial charge is 0.124 e. The number of aromatic hydroxyl groups is 1. The molecule has 0 aliphatic carbocycles. The summed E-state index contributed by atoms with van der Waals surface area (Å²) in [5, 5.41) is 14.1. The van der Waals surface area contributed by atoms with Gasteiger partial charge in [-0.2, -0.15) is 5.10 Å². The molecule has 1 aromatic carbocycles. The van der Waals surface area contributed by atoms with Gasteiger partial charge in [0.05, 0.1) is 11.2 Å². The Morgan fingerprint density at radius 3 is 2.44 bits per heavy atom. The summed E-state index contributed by atoms with van der Waals surface area (Å²) in [5.74, 6) is 0.286. The van der Waals surface area contributed by atoms with E-state index >= 15 is 0 Å². The maximum Gasteiger partial charge on any atom is 0.124 e. The van der Waals surface area contributed by atoms with Gasteiger partial charge in [-0.15, -0.1) is 0 Å². The summed E-state index contributed by atoms with van der Waals surface area (Å²) in [5.41, 5.74) is 1.65. The lowest BCUT2D eigenvalue weighted by Crippen LogP contribution is -2.23. The van der Waals surface area contributed by atoms with Gasteiger partial charge in [0.2, 0.25) is 0 Å². The van der Waals surface area contributed by atoms with Crippen LogP contribution in [0.2, 0.25) is 0 Å². The van der Waals surface area contributed by atoms with Crippen LogP contribution >= 0.6 is 0 Å². The molecule has 84 valence electrons. The highest BCUT2D eigenvalue weighted by Gasteiger charge is 2.19. The molecule has 0 unspecified atom stereocenters. The van der Waals surface area contributed by atoms with Gasteiger partial charge in [-0.3, -0.25) is 4.68 Å². The van der Waals surface area contributed by atoms with Gasteiger partial charge in [-0.25, -0.2) is 0 Å². The van der Waals surface area contributed by atoms with E-state index in [2.05, 4.69) is 25.9 Å². The molecule has 0 fully saturated rings. The van der Waals surface area contributed by atoms with Crippen molar-refractivity contribution in [2.45, 2.75) is 26.3 Å². The third-order valence-corrected chi connectivity index (χ3v) is 2.46. The zero-order valence-corrected chi connectivity index (χ0v) is 9.81. The van der Waals surface area contributed by atoms with Gasteiger partial charge in [0, 0.05) is 11.8 Å². The standard InChI is InChI=1S/C13H16N2O/c1-13(2,3)15-11(8-9-14-15)10-6-4-5-7-12(10)16/h4-9,16H,1-3H3. The summed E-state index contributed by atoms with van der Waals surface area (Å²) in [6, 6.07) is 9.23. The third-order valence-electron chi connectivity index (χ3n) is 2.46. The Kier molecular flexibility index (Phi) is 2.46. The molecule has 3 nitrogen and oxygen atoms in total. The third kappa shape index (κ3) is 1.81. The number of nitrogens with zero attached hydrogens (tertiary/aromatic N) is 2. The first kappa shape index (κ1) is 10.7. The molecule has 0 spiro atoms. The van der Waals surface area contributed by atoms with E-state index in [1.54, 1.807) is 12.3 Å². The monoisotopic (exact) mass is 216 g/mol. The van der Waals surface area contributed by atoms with Crippen molar-refractivity contribution in [2.24, 2.45) is 0 Å². The normalized spacial score (nSPS) is 11.7. The Hall–Kier alpha value is -1.77. The molecule has 0 aliphatic heterocycles. The van der Waals surface area contributed by atoms with Crippen molar-refractivity contribution in [2.75, 3.05) is 0 Å². The number of hydrogen-bond acceptors (Lipinski definition) is 2. The van der Waals surface area contributed by atoms with Gasteiger partial charge in [0.25, 0.3) is 0 Å². The van der Waals surface area contributed by atoms with Gasteiger partial charge in [0.15, 0.2) is 0 Å². The van der Waals surface area contributed by atoms with Crippen LogP contribution in [-0.2, 0) is 5.54 Å². The zero-order valence-electron chi connectivity index (χ0n) is 9.81. The molecular formula is C13H16N2O. The van der Waals surface area contributed by atoms with E-state index < -0.39 is 0 Å². The van der Waals surface area contributed by atoms with Crippen LogP contribution in [0.4, 0.5) is 0 Å². The van der Waals surface area contributed by atoms with E-state index in [1.807, 2.05) is 28.9 Å². The molecule has 16 heavy (non-hydrogen) atoms. The lowest BCUT2D eigenvalue weighted by atomic mass is 10.1. The van der Waals surface area contributed by atoms with Gasteiger partial charge in [-0.1, -0.05) is 12.1 Å². The summed E-state index contributed by atoms with van der Waals surface area (Å²) >= 11 is 0. The average molecular weight is 216 g/mol. The van der Waals surface area contributed by atoms with Crippen molar-refractivity contribution in [3.63, 3.8) is 0 Å². The highest BCUT2D eigenvalue weighted by atomic mass is 16.3. The zero-order chi connectivity index (χ0) is 11.8. The Labute approximate surface area is 95.3 Å². The van der Waals surface area contributed by atoms with Crippen LogP contribution in [-0.4, -0.2) is 14.9 Å². The van der Waals surface area contributed by atoms with Gasteiger partial charge in [0.1, 0.15) is 5.75 Å². The number of para-hydroxylation sites is 1. The van der Waals surface area contributed by atoms with Crippen molar-refractivity contribution in [1.82, 2.24) is 9.78 Å². The summed E-state index contributed by atoms with van der Waals surface area (Å²) in [4.78, 5) is 0. The molecule has 0 amide bonds. The van der Waals surface area contributed by atoms with E-state index in [0.29, 0.717) is 0 Å². The maximum atomic E-state index is 9.83. The van der Waals surface area contributed by atoms with Gasteiger partial charge < -0.3 is 5.11 Å². The molecule has 2 rings (SSSR count). The van der Waals surface area contributed by atoms with E-state index in [0.717, 1.165) is 11.3 Å². The molecule has 2 aromatic rings. The van der Waals surface area contributed by atoms with Crippen LogP contribution < -0.4 is 0 Å². The molecule has 3 heteroatoms. The first-order valence-electron chi connectivity index (χ1n) is 5.33. The fourth-order valence-electron chi connectivity index (χ4n) is 1.73. The Balaban J connectivity index is 2.58. The van der Waals surface area contributed by atoms with Crippen LogP contribution in [0.5, 0.6) is 5.75 Å². The minimum absolute atomic E-state index is 0.0961. The summed E-state index contributed by atoms with van der Waals surface area (Å²) in [7, 11) is 0. The predicted octanol–water partition coefficient (Wildman–Crippen LogP) is 3.01. The first-order valence-corrected chi connectivity index (χ1v) is 5.33. The van der Waals surface area contributed by atoms with Gasteiger partial charge in [-0.05, 0) is 39.0 Å². The van der Waals surface area contributed by atoms with Crippen LogP contribution in [0.15, 0.2) is 36.5 Å². The number of benzene rings is 1. The molecule has 0 atom stereocenters. The second-order valence-corrected chi connectivity index (χ2v) is 4.82. The highest BCUT2D eigenvalue weighted by molar-refractivity contribution is 5.66. The fourth-order valence-corrected chi connectivity index (χ4v) is 1.73. The van der Waals surface area contributed by atoms with Crippen molar-refractivity contribution < 1.29 is 5.11 Å². The highest BCUT2D eigenvalue weighted by Crippen LogP contribution is 2.31. The van der Waals surface area contributed by atoms with Gasteiger partial charge >= 0.3 is 0 Å². The number of phenolic OH excluding ortho intramolecular Hbond substituents is 1. The molecule has 0 radical (unpaired) electrons. The predicted molar refractivity (Wildman–Crippen MR) is 64.3 cm³/mol. The van der Waals surface area contributed by atoms with Crippen molar-refractivity contribution >= 4 is 0 Å². The minimum Gasteiger partial charge on any atom is -0.507 e. The summed E-state index contributed by atoms with van der Waals surface area (Å²) in [6.45, 7) is 6.26. The van der Waals surface area contributed by atoms with Crippen LogP contribution in [0.3, 0.4) is 0 Å². The molecular weight excluding hydrogens is 200 g/mol. The molecule has 0 aliphatic rings. The van der Waals surface area contributed by atoms with E-state index in [1.165, 1.54) is 0 Å². The van der Waals surface area contributed by atoms with E-state index in [4.69, 9.17) is 0 Å². The Bertz CT molecular complexity index is 495. The molecule has 1 aromatic heterocycles. The maximum absolute atomic E-state index is 9.83. The summed E-state index contributed by atoms with van der Waals surface area (Å²) < 4.78 is 1.92. The molecule has 1 heterocycles. The van der Waals surface area contributed by atoms with Crippen LogP contribution in [0.25, 0.3) is 11.3 Å². The SMILES string of the molecule is CC(C)(C)n1nccc1-c1ccccc1O. The average Bonchev–Trinajstić information content (AvgIpc) is 2.66. The second kappa shape index (κ2) is 3.67. The lowest BCUT2D eigenvalue weighted by Gasteiger charge is -2.22. The lowest BCUT2D eigenvalue weighted by molar-refractivity contribution is 0.359. The number of rotatable bonds is 1. The van der Waals surface area contributed by atoms with Crippen LogP contribution in [0.1, 0.15) is 20.8 Å².